The molecule has 0 bridgehead atoms. The van der Waals surface area contributed by atoms with Crippen LogP contribution in [0.4, 0.5) is 5.69 Å². The summed E-state index contributed by atoms with van der Waals surface area (Å²) >= 11 is 0. The molecule has 2 rings (SSSR count). The smallest absolute Gasteiger partial charge is 0.338 e. The molecule has 0 aromatic heterocycles. The molecule has 3 heteroatoms. The number of allylic oxidation sites excluding steroid dienone is 2. The standard InChI is InChI=1S/C16H19NO2/c1-16(2)10-6-8-12(15(18)19-3)14(16)11-7-4-5-9-13(11)17/h4-9H,10,17H2,1-3H3. The minimum atomic E-state index is -0.317. The maximum absolute atomic E-state index is 12.0. The van der Waals surface area contributed by atoms with Crippen LogP contribution in [0.25, 0.3) is 5.57 Å². The fourth-order valence-electron chi connectivity index (χ4n) is 2.54. The molecular formula is C16H19NO2. The number of carbonyl (C=O) groups excluding carboxylic acids is 1. The van der Waals surface area contributed by atoms with Crippen LogP contribution in [0.2, 0.25) is 0 Å². The number of carbonyl (C=O) groups is 1. The molecule has 0 heterocycles. The number of hydrogen-bond donors (Lipinski definition) is 1. The quantitative estimate of drug-likeness (QED) is 0.654. The summed E-state index contributed by atoms with van der Waals surface area (Å²) in [6.07, 6.45) is 4.71. The zero-order valence-corrected chi connectivity index (χ0v) is 11.6. The third-order valence-electron chi connectivity index (χ3n) is 3.49. The van der Waals surface area contributed by atoms with E-state index in [9.17, 15) is 4.79 Å². The van der Waals surface area contributed by atoms with Gasteiger partial charge in [0.05, 0.1) is 12.7 Å². The van der Waals surface area contributed by atoms with Crippen LogP contribution in [0.1, 0.15) is 25.8 Å². The van der Waals surface area contributed by atoms with E-state index in [1.165, 1.54) is 7.11 Å². The number of esters is 1. The molecule has 0 saturated heterocycles. The first-order chi connectivity index (χ1) is 8.97. The predicted octanol–water partition coefficient (Wildman–Crippen LogP) is 3.18. The molecule has 1 aromatic carbocycles. The van der Waals surface area contributed by atoms with Crippen molar-refractivity contribution in [3.8, 4) is 0 Å². The number of rotatable bonds is 2. The highest BCUT2D eigenvalue weighted by Crippen LogP contribution is 2.45. The van der Waals surface area contributed by atoms with Crippen LogP contribution in [0.3, 0.4) is 0 Å². The van der Waals surface area contributed by atoms with Gasteiger partial charge in [-0.25, -0.2) is 4.79 Å². The van der Waals surface area contributed by atoms with Crippen LogP contribution in [-0.4, -0.2) is 13.1 Å². The summed E-state index contributed by atoms with van der Waals surface area (Å²) < 4.78 is 4.89. The molecule has 0 atom stereocenters. The summed E-state index contributed by atoms with van der Waals surface area (Å²) in [5.74, 6) is -0.317. The molecule has 1 aliphatic rings. The van der Waals surface area contributed by atoms with Crippen molar-refractivity contribution < 1.29 is 9.53 Å². The van der Waals surface area contributed by atoms with Crippen molar-refractivity contribution in [3.63, 3.8) is 0 Å². The second-order valence-corrected chi connectivity index (χ2v) is 5.36. The van der Waals surface area contributed by atoms with Crippen molar-refractivity contribution >= 4 is 17.2 Å². The molecule has 3 nitrogen and oxygen atoms in total. The minimum absolute atomic E-state index is 0.145. The predicted molar refractivity (Wildman–Crippen MR) is 77.3 cm³/mol. The zero-order chi connectivity index (χ0) is 14.0. The number of ether oxygens (including phenoxy) is 1. The van der Waals surface area contributed by atoms with Crippen LogP contribution >= 0.6 is 0 Å². The molecule has 0 spiro atoms. The number of hydrogen-bond acceptors (Lipinski definition) is 3. The summed E-state index contributed by atoms with van der Waals surface area (Å²) in [6.45, 7) is 4.22. The molecule has 0 radical (unpaired) electrons. The molecule has 1 aliphatic carbocycles. The maximum atomic E-state index is 12.0. The van der Waals surface area contributed by atoms with E-state index in [4.69, 9.17) is 10.5 Å². The summed E-state index contributed by atoms with van der Waals surface area (Å²) in [5, 5.41) is 0. The van der Waals surface area contributed by atoms with E-state index in [1.54, 1.807) is 0 Å². The van der Waals surface area contributed by atoms with Crippen LogP contribution in [0.15, 0.2) is 42.0 Å². The van der Waals surface area contributed by atoms with Crippen LogP contribution in [0.5, 0.6) is 0 Å². The van der Waals surface area contributed by atoms with Crippen molar-refractivity contribution in [3.05, 3.63) is 47.6 Å². The first-order valence-corrected chi connectivity index (χ1v) is 6.32. The second-order valence-electron chi connectivity index (χ2n) is 5.36. The third-order valence-corrected chi connectivity index (χ3v) is 3.49. The normalized spacial score (nSPS) is 17.4. The fourth-order valence-corrected chi connectivity index (χ4v) is 2.54. The van der Waals surface area contributed by atoms with Gasteiger partial charge >= 0.3 is 5.97 Å². The first kappa shape index (κ1) is 13.4. The molecule has 2 N–H and O–H groups in total. The number of anilines is 1. The second kappa shape index (κ2) is 4.92. The SMILES string of the molecule is COC(=O)C1=C(c2ccccc2N)C(C)(C)CC=C1. The Morgan fingerprint density at radius 3 is 2.63 bits per heavy atom. The number of nitrogens with two attached hydrogens (primary N) is 1. The summed E-state index contributed by atoms with van der Waals surface area (Å²) in [7, 11) is 1.40. The fraction of sp³-hybridized carbons (Fsp3) is 0.312. The van der Waals surface area contributed by atoms with E-state index in [0.29, 0.717) is 11.3 Å². The Bertz CT molecular complexity index is 568. The lowest BCUT2D eigenvalue weighted by Gasteiger charge is -2.32. The first-order valence-electron chi connectivity index (χ1n) is 6.32. The molecule has 1 aromatic rings. The van der Waals surface area contributed by atoms with Crippen LogP contribution < -0.4 is 5.73 Å². The Morgan fingerprint density at radius 2 is 2.00 bits per heavy atom. The van der Waals surface area contributed by atoms with Crippen LogP contribution in [-0.2, 0) is 9.53 Å². The number of methoxy groups -OCH3 is 1. The summed E-state index contributed by atoms with van der Waals surface area (Å²) in [5.41, 5.74) is 9.07. The van der Waals surface area contributed by atoms with E-state index in [0.717, 1.165) is 17.6 Å². The van der Waals surface area contributed by atoms with Gasteiger partial charge < -0.3 is 10.5 Å². The van der Waals surface area contributed by atoms with Crippen molar-refractivity contribution in [2.75, 3.05) is 12.8 Å². The Hall–Kier alpha value is -2.03. The van der Waals surface area contributed by atoms with E-state index in [-0.39, 0.29) is 11.4 Å². The van der Waals surface area contributed by atoms with E-state index in [2.05, 4.69) is 13.8 Å². The Labute approximate surface area is 113 Å². The highest BCUT2D eigenvalue weighted by atomic mass is 16.5. The molecule has 19 heavy (non-hydrogen) atoms. The number of benzene rings is 1. The number of nitrogen functional groups attached to an aromatic ring is 1. The molecule has 0 saturated carbocycles. The Kier molecular flexibility index (Phi) is 3.47. The van der Waals surface area contributed by atoms with Gasteiger partial charge in [0.1, 0.15) is 0 Å². The van der Waals surface area contributed by atoms with Gasteiger partial charge in [-0.15, -0.1) is 0 Å². The molecule has 0 aliphatic heterocycles. The van der Waals surface area contributed by atoms with Gasteiger partial charge in [0.25, 0.3) is 0 Å². The topological polar surface area (TPSA) is 52.3 Å². The average molecular weight is 257 g/mol. The lowest BCUT2D eigenvalue weighted by Crippen LogP contribution is -2.21. The minimum Gasteiger partial charge on any atom is -0.465 e. The lowest BCUT2D eigenvalue weighted by molar-refractivity contribution is -0.135. The van der Waals surface area contributed by atoms with Crippen molar-refractivity contribution in [2.45, 2.75) is 20.3 Å². The van der Waals surface area contributed by atoms with Crippen molar-refractivity contribution in [2.24, 2.45) is 5.41 Å². The van der Waals surface area contributed by atoms with Gasteiger partial charge in [0, 0.05) is 11.3 Å². The largest absolute Gasteiger partial charge is 0.465 e. The highest BCUT2D eigenvalue weighted by molar-refractivity contribution is 6.03. The van der Waals surface area contributed by atoms with Crippen molar-refractivity contribution in [1.82, 2.24) is 0 Å². The average Bonchev–Trinajstić information content (AvgIpc) is 2.38. The molecule has 100 valence electrons. The van der Waals surface area contributed by atoms with Crippen molar-refractivity contribution in [1.29, 1.82) is 0 Å². The third kappa shape index (κ3) is 2.41. The van der Waals surface area contributed by atoms with Gasteiger partial charge in [-0.1, -0.05) is 44.2 Å². The van der Waals surface area contributed by atoms with Gasteiger partial charge in [-0.3, -0.25) is 0 Å². The van der Waals surface area contributed by atoms with Gasteiger partial charge in [0.15, 0.2) is 0 Å². The summed E-state index contributed by atoms with van der Waals surface area (Å²) in [4.78, 5) is 12.0. The summed E-state index contributed by atoms with van der Waals surface area (Å²) in [6, 6.07) is 7.63. The van der Waals surface area contributed by atoms with E-state index < -0.39 is 0 Å². The highest BCUT2D eigenvalue weighted by Gasteiger charge is 2.32. The maximum Gasteiger partial charge on any atom is 0.338 e. The van der Waals surface area contributed by atoms with Gasteiger partial charge in [0.2, 0.25) is 0 Å². The Morgan fingerprint density at radius 1 is 1.32 bits per heavy atom. The van der Waals surface area contributed by atoms with Crippen LogP contribution in [0, 0.1) is 5.41 Å². The Balaban J connectivity index is 2.70. The molecular weight excluding hydrogens is 238 g/mol. The van der Waals surface area contributed by atoms with Gasteiger partial charge in [-0.2, -0.15) is 0 Å². The number of para-hydroxylation sites is 1. The lowest BCUT2D eigenvalue weighted by atomic mass is 9.72. The molecule has 0 fully saturated rings. The molecule has 0 amide bonds. The van der Waals surface area contributed by atoms with E-state index in [1.807, 2.05) is 36.4 Å². The zero-order valence-electron chi connectivity index (χ0n) is 11.6. The van der Waals surface area contributed by atoms with Gasteiger partial charge in [-0.05, 0) is 23.5 Å². The molecule has 0 unspecified atom stereocenters. The van der Waals surface area contributed by atoms with E-state index >= 15 is 0 Å². The monoisotopic (exact) mass is 257 g/mol.